The van der Waals surface area contributed by atoms with Gasteiger partial charge in [0, 0.05) is 5.56 Å². The minimum atomic E-state index is 0.00402. The zero-order chi connectivity index (χ0) is 20.1. The van der Waals surface area contributed by atoms with Gasteiger partial charge in [-0.25, -0.2) is 4.98 Å². The lowest BCUT2D eigenvalue weighted by atomic mass is 10.1. The number of aromatic nitrogens is 2. The summed E-state index contributed by atoms with van der Waals surface area (Å²) < 4.78 is 11.7. The molecule has 0 aliphatic carbocycles. The summed E-state index contributed by atoms with van der Waals surface area (Å²) in [5, 5.41) is 9.41. The van der Waals surface area contributed by atoms with E-state index >= 15 is 0 Å². The standard InChI is InChI=1S/C21H21N5O2/c1-3-27-18-10-14(19-16(11-22)20(23)26-21(24)25-19)8-9-17(18)28-12-15-7-5-4-6-13(15)2/h4-10H,3,12H2,1-2H3,(H4,23,24,25,26). The number of nitrogens with zero attached hydrogens (tertiary/aromatic N) is 3. The number of nitrogens with two attached hydrogens (primary N) is 2. The normalized spacial score (nSPS) is 10.3. The van der Waals surface area contributed by atoms with Crippen LogP contribution in [0.4, 0.5) is 11.8 Å². The fourth-order valence-electron chi connectivity index (χ4n) is 2.79. The molecule has 4 N–H and O–H groups in total. The van der Waals surface area contributed by atoms with E-state index in [4.69, 9.17) is 20.9 Å². The van der Waals surface area contributed by atoms with Gasteiger partial charge in [0.2, 0.25) is 5.95 Å². The number of nitrogen functional groups attached to an aromatic ring is 2. The van der Waals surface area contributed by atoms with Crippen LogP contribution in [0.25, 0.3) is 11.3 Å². The highest BCUT2D eigenvalue weighted by Crippen LogP contribution is 2.35. The highest BCUT2D eigenvalue weighted by atomic mass is 16.5. The quantitative estimate of drug-likeness (QED) is 0.677. The number of benzene rings is 2. The third-order valence-corrected chi connectivity index (χ3v) is 4.23. The second-order valence-corrected chi connectivity index (χ2v) is 6.11. The first kappa shape index (κ1) is 19.0. The molecule has 7 nitrogen and oxygen atoms in total. The summed E-state index contributed by atoms with van der Waals surface area (Å²) in [6.45, 7) is 4.81. The minimum absolute atomic E-state index is 0.00402. The smallest absolute Gasteiger partial charge is 0.222 e. The van der Waals surface area contributed by atoms with Crippen molar-refractivity contribution in [2.45, 2.75) is 20.5 Å². The van der Waals surface area contributed by atoms with Crippen LogP contribution in [0.5, 0.6) is 11.5 Å². The van der Waals surface area contributed by atoms with Crippen LogP contribution in [0.1, 0.15) is 23.6 Å². The van der Waals surface area contributed by atoms with Crippen LogP contribution in [0.15, 0.2) is 42.5 Å². The predicted molar refractivity (Wildman–Crippen MR) is 108 cm³/mol. The van der Waals surface area contributed by atoms with Crippen molar-refractivity contribution >= 4 is 11.8 Å². The van der Waals surface area contributed by atoms with Gasteiger partial charge in [0.25, 0.3) is 0 Å². The van der Waals surface area contributed by atoms with Gasteiger partial charge in [0.05, 0.1) is 12.3 Å². The summed E-state index contributed by atoms with van der Waals surface area (Å²) in [4.78, 5) is 8.02. The molecule has 0 saturated heterocycles. The predicted octanol–water partition coefficient (Wildman–Crippen LogP) is 3.47. The van der Waals surface area contributed by atoms with Crippen molar-refractivity contribution in [3.63, 3.8) is 0 Å². The maximum Gasteiger partial charge on any atom is 0.222 e. The first-order valence-corrected chi connectivity index (χ1v) is 8.81. The van der Waals surface area contributed by atoms with Crippen molar-refractivity contribution in [1.29, 1.82) is 5.26 Å². The maximum absolute atomic E-state index is 9.41. The van der Waals surface area contributed by atoms with Crippen molar-refractivity contribution in [1.82, 2.24) is 9.97 Å². The molecule has 0 bridgehead atoms. The van der Waals surface area contributed by atoms with Gasteiger partial charge in [0.15, 0.2) is 11.5 Å². The number of anilines is 2. The van der Waals surface area contributed by atoms with Crippen LogP contribution in [-0.2, 0) is 6.61 Å². The largest absolute Gasteiger partial charge is 0.490 e. The fraction of sp³-hybridized carbons (Fsp3) is 0.190. The van der Waals surface area contributed by atoms with Crippen LogP contribution < -0.4 is 20.9 Å². The van der Waals surface area contributed by atoms with E-state index in [2.05, 4.69) is 9.97 Å². The molecule has 0 aliphatic heterocycles. The van der Waals surface area contributed by atoms with Gasteiger partial charge in [-0.3, -0.25) is 0 Å². The molecular weight excluding hydrogens is 354 g/mol. The average Bonchev–Trinajstić information content (AvgIpc) is 2.68. The van der Waals surface area contributed by atoms with E-state index in [9.17, 15) is 5.26 Å². The van der Waals surface area contributed by atoms with Crippen molar-refractivity contribution in [3.05, 3.63) is 59.2 Å². The summed E-state index contributed by atoms with van der Waals surface area (Å²) in [6.07, 6.45) is 0. The van der Waals surface area contributed by atoms with E-state index in [0.717, 1.165) is 11.1 Å². The number of hydrogen-bond donors (Lipinski definition) is 2. The van der Waals surface area contributed by atoms with Crippen molar-refractivity contribution in [3.8, 4) is 28.8 Å². The Kier molecular flexibility index (Phi) is 5.61. The van der Waals surface area contributed by atoms with Gasteiger partial charge in [-0.05, 0) is 43.2 Å². The summed E-state index contributed by atoms with van der Waals surface area (Å²) >= 11 is 0. The van der Waals surface area contributed by atoms with Crippen molar-refractivity contribution in [2.24, 2.45) is 0 Å². The molecule has 3 rings (SSSR count). The van der Waals surface area contributed by atoms with E-state index in [0.29, 0.717) is 36.0 Å². The average molecular weight is 375 g/mol. The minimum Gasteiger partial charge on any atom is -0.490 e. The molecule has 0 saturated carbocycles. The molecular formula is C21H21N5O2. The Bertz CT molecular complexity index is 1040. The maximum atomic E-state index is 9.41. The Morgan fingerprint density at radius 2 is 1.82 bits per heavy atom. The first-order chi connectivity index (χ1) is 13.5. The third-order valence-electron chi connectivity index (χ3n) is 4.23. The van der Waals surface area contributed by atoms with E-state index in [1.54, 1.807) is 18.2 Å². The molecule has 7 heteroatoms. The zero-order valence-corrected chi connectivity index (χ0v) is 15.8. The molecule has 0 atom stereocenters. The molecule has 28 heavy (non-hydrogen) atoms. The van der Waals surface area contributed by atoms with E-state index in [1.807, 2.05) is 44.2 Å². The number of hydrogen-bond acceptors (Lipinski definition) is 7. The molecule has 0 aliphatic rings. The van der Waals surface area contributed by atoms with E-state index in [-0.39, 0.29) is 17.3 Å². The lowest BCUT2D eigenvalue weighted by Gasteiger charge is -2.15. The highest BCUT2D eigenvalue weighted by Gasteiger charge is 2.16. The highest BCUT2D eigenvalue weighted by molar-refractivity contribution is 5.74. The second-order valence-electron chi connectivity index (χ2n) is 6.11. The monoisotopic (exact) mass is 375 g/mol. The van der Waals surface area contributed by atoms with Gasteiger partial charge < -0.3 is 20.9 Å². The second kappa shape index (κ2) is 8.27. The van der Waals surface area contributed by atoms with E-state index < -0.39 is 0 Å². The molecule has 1 aromatic heterocycles. The Balaban J connectivity index is 1.96. The lowest BCUT2D eigenvalue weighted by Crippen LogP contribution is -2.05. The van der Waals surface area contributed by atoms with Gasteiger partial charge in [-0.15, -0.1) is 0 Å². The number of rotatable bonds is 6. The third kappa shape index (κ3) is 3.96. The Hall–Kier alpha value is -3.79. The van der Waals surface area contributed by atoms with Crippen LogP contribution in [0.2, 0.25) is 0 Å². The molecule has 0 radical (unpaired) electrons. The molecule has 0 amide bonds. The topological polar surface area (TPSA) is 120 Å². The number of nitriles is 1. The lowest BCUT2D eigenvalue weighted by molar-refractivity contribution is 0.269. The zero-order valence-electron chi connectivity index (χ0n) is 15.8. The fourth-order valence-corrected chi connectivity index (χ4v) is 2.79. The van der Waals surface area contributed by atoms with Crippen molar-refractivity contribution in [2.75, 3.05) is 18.1 Å². The molecule has 1 heterocycles. The molecule has 0 unspecified atom stereocenters. The summed E-state index contributed by atoms with van der Waals surface area (Å²) in [5.41, 5.74) is 14.9. The molecule has 0 fully saturated rings. The van der Waals surface area contributed by atoms with E-state index in [1.165, 1.54) is 0 Å². The van der Waals surface area contributed by atoms with Crippen molar-refractivity contribution < 1.29 is 9.47 Å². The van der Waals surface area contributed by atoms with Crippen LogP contribution >= 0.6 is 0 Å². The first-order valence-electron chi connectivity index (χ1n) is 8.81. The van der Waals surface area contributed by atoms with Gasteiger partial charge in [-0.2, -0.15) is 10.2 Å². The van der Waals surface area contributed by atoms with Crippen LogP contribution in [0, 0.1) is 18.3 Å². The van der Waals surface area contributed by atoms with Gasteiger partial charge in [0.1, 0.15) is 24.1 Å². The van der Waals surface area contributed by atoms with Crippen LogP contribution in [-0.4, -0.2) is 16.6 Å². The Morgan fingerprint density at radius 1 is 1.04 bits per heavy atom. The Labute approximate surface area is 163 Å². The van der Waals surface area contributed by atoms with Gasteiger partial charge >= 0.3 is 0 Å². The molecule has 142 valence electrons. The van der Waals surface area contributed by atoms with Crippen LogP contribution in [0.3, 0.4) is 0 Å². The summed E-state index contributed by atoms with van der Waals surface area (Å²) in [6, 6.07) is 15.4. The Morgan fingerprint density at radius 3 is 2.54 bits per heavy atom. The number of aryl methyl sites for hydroxylation is 1. The summed E-state index contributed by atoms with van der Waals surface area (Å²) in [7, 11) is 0. The molecule has 2 aromatic carbocycles. The molecule has 0 spiro atoms. The summed E-state index contributed by atoms with van der Waals surface area (Å²) in [5.74, 6) is 1.20. The molecule has 3 aromatic rings. The SMILES string of the molecule is CCOc1cc(-c2nc(N)nc(N)c2C#N)ccc1OCc1ccccc1C. The van der Waals surface area contributed by atoms with Gasteiger partial charge in [-0.1, -0.05) is 24.3 Å². The number of ether oxygens (including phenoxy) is 2.